The normalized spacial score (nSPS) is 10.5. The molecule has 0 radical (unpaired) electrons. The van der Waals surface area contributed by atoms with Crippen LogP contribution in [0.3, 0.4) is 0 Å². The Bertz CT molecular complexity index is 702. The SMILES string of the molecule is CCN(CCC(=O)O)C(=O)c1csc(Cc2ccccc2F)n1. The molecule has 1 amide bonds. The number of hydrogen-bond donors (Lipinski definition) is 1. The summed E-state index contributed by atoms with van der Waals surface area (Å²) in [6, 6.07) is 6.45. The first kappa shape index (κ1) is 17.1. The lowest BCUT2D eigenvalue weighted by molar-refractivity contribution is -0.137. The maximum atomic E-state index is 13.6. The van der Waals surface area contributed by atoms with Gasteiger partial charge in [0.1, 0.15) is 11.5 Å². The lowest BCUT2D eigenvalue weighted by Crippen LogP contribution is -2.33. The van der Waals surface area contributed by atoms with Crippen LogP contribution in [-0.4, -0.2) is 40.0 Å². The lowest BCUT2D eigenvalue weighted by atomic mass is 10.1. The van der Waals surface area contributed by atoms with Gasteiger partial charge < -0.3 is 10.0 Å². The van der Waals surface area contributed by atoms with E-state index in [4.69, 9.17) is 5.11 Å². The molecule has 1 aromatic carbocycles. The summed E-state index contributed by atoms with van der Waals surface area (Å²) < 4.78 is 13.6. The van der Waals surface area contributed by atoms with Crippen LogP contribution in [0.2, 0.25) is 0 Å². The van der Waals surface area contributed by atoms with E-state index < -0.39 is 5.97 Å². The van der Waals surface area contributed by atoms with Crippen molar-refractivity contribution in [2.45, 2.75) is 19.8 Å². The third-order valence-corrected chi connectivity index (χ3v) is 4.18. The fourth-order valence-corrected chi connectivity index (χ4v) is 2.88. The van der Waals surface area contributed by atoms with Gasteiger partial charge in [-0.25, -0.2) is 9.37 Å². The van der Waals surface area contributed by atoms with Gasteiger partial charge in [-0.15, -0.1) is 11.3 Å². The second kappa shape index (κ2) is 7.82. The highest BCUT2D eigenvalue weighted by Crippen LogP contribution is 2.18. The van der Waals surface area contributed by atoms with Crippen LogP contribution < -0.4 is 0 Å². The van der Waals surface area contributed by atoms with Gasteiger partial charge >= 0.3 is 5.97 Å². The van der Waals surface area contributed by atoms with Gasteiger partial charge in [0.15, 0.2) is 0 Å². The molecule has 0 spiro atoms. The number of halogens is 1. The minimum absolute atomic E-state index is 0.105. The van der Waals surface area contributed by atoms with Crippen LogP contribution in [0.5, 0.6) is 0 Å². The summed E-state index contributed by atoms with van der Waals surface area (Å²) in [7, 11) is 0. The number of benzene rings is 1. The summed E-state index contributed by atoms with van der Waals surface area (Å²) in [6.45, 7) is 2.34. The molecule has 0 saturated carbocycles. The quantitative estimate of drug-likeness (QED) is 0.844. The summed E-state index contributed by atoms with van der Waals surface area (Å²) in [5.41, 5.74) is 0.799. The highest BCUT2D eigenvalue weighted by atomic mass is 32.1. The summed E-state index contributed by atoms with van der Waals surface area (Å²) in [5.74, 6) is -1.55. The average molecular weight is 336 g/mol. The molecular formula is C16H17FN2O3S. The summed E-state index contributed by atoms with van der Waals surface area (Å²) in [4.78, 5) is 28.7. The number of carbonyl (C=O) groups excluding carboxylic acids is 1. The van der Waals surface area contributed by atoms with Crippen LogP contribution in [0, 0.1) is 5.82 Å². The fourth-order valence-electron chi connectivity index (χ4n) is 2.09. The molecule has 0 saturated heterocycles. The van der Waals surface area contributed by atoms with Gasteiger partial charge in [-0.2, -0.15) is 0 Å². The predicted molar refractivity (Wildman–Crippen MR) is 85.2 cm³/mol. The molecule has 0 aliphatic carbocycles. The number of aromatic nitrogens is 1. The number of carboxylic acid groups (broad SMARTS) is 1. The van der Waals surface area contributed by atoms with Crippen molar-refractivity contribution in [2.24, 2.45) is 0 Å². The second-order valence-corrected chi connectivity index (χ2v) is 5.87. The van der Waals surface area contributed by atoms with E-state index in [2.05, 4.69) is 4.98 Å². The highest BCUT2D eigenvalue weighted by molar-refractivity contribution is 7.09. The molecule has 1 N–H and O–H groups in total. The second-order valence-electron chi connectivity index (χ2n) is 4.92. The van der Waals surface area contributed by atoms with Gasteiger partial charge in [0.25, 0.3) is 5.91 Å². The van der Waals surface area contributed by atoms with Gasteiger partial charge in [0.2, 0.25) is 0 Å². The molecule has 0 aliphatic rings. The maximum Gasteiger partial charge on any atom is 0.305 e. The van der Waals surface area contributed by atoms with Gasteiger partial charge in [-0.1, -0.05) is 18.2 Å². The Morgan fingerprint density at radius 3 is 2.74 bits per heavy atom. The van der Waals surface area contributed by atoms with E-state index in [1.54, 1.807) is 30.5 Å². The maximum absolute atomic E-state index is 13.6. The number of rotatable bonds is 7. The van der Waals surface area contributed by atoms with Crippen LogP contribution in [-0.2, 0) is 11.2 Å². The van der Waals surface area contributed by atoms with Crippen molar-refractivity contribution in [2.75, 3.05) is 13.1 Å². The summed E-state index contributed by atoms with van der Waals surface area (Å²) in [6.07, 6.45) is 0.220. The Labute approximate surface area is 137 Å². The predicted octanol–water partition coefficient (Wildman–Crippen LogP) is 2.81. The molecule has 1 aromatic heterocycles. The first-order chi connectivity index (χ1) is 11.0. The van der Waals surface area contributed by atoms with Crippen molar-refractivity contribution >= 4 is 23.2 Å². The Balaban J connectivity index is 2.07. The minimum atomic E-state index is -0.949. The first-order valence-electron chi connectivity index (χ1n) is 7.20. The van der Waals surface area contributed by atoms with Crippen molar-refractivity contribution in [3.8, 4) is 0 Å². The van der Waals surface area contributed by atoms with Gasteiger partial charge in [-0.3, -0.25) is 9.59 Å². The van der Waals surface area contributed by atoms with E-state index in [0.29, 0.717) is 23.5 Å². The fraction of sp³-hybridized carbons (Fsp3) is 0.312. The molecule has 0 bridgehead atoms. The zero-order valence-electron chi connectivity index (χ0n) is 12.7. The smallest absolute Gasteiger partial charge is 0.305 e. The number of carboxylic acids is 1. The Hall–Kier alpha value is -2.28. The van der Waals surface area contributed by atoms with E-state index in [9.17, 15) is 14.0 Å². The molecule has 0 unspecified atom stereocenters. The molecular weight excluding hydrogens is 319 g/mol. The van der Waals surface area contributed by atoms with Gasteiger partial charge in [0, 0.05) is 24.9 Å². The van der Waals surface area contributed by atoms with Crippen molar-refractivity contribution in [1.29, 1.82) is 0 Å². The Morgan fingerprint density at radius 1 is 1.35 bits per heavy atom. The third kappa shape index (κ3) is 4.59. The molecule has 5 nitrogen and oxygen atoms in total. The van der Waals surface area contributed by atoms with E-state index in [1.165, 1.54) is 22.3 Å². The largest absolute Gasteiger partial charge is 0.481 e. The molecule has 1 heterocycles. The minimum Gasteiger partial charge on any atom is -0.481 e. The van der Waals surface area contributed by atoms with E-state index in [-0.39, 0.29) is 30.4 Å². The number of carbonyl (C=O) groups is 2. The van der Waals surface area contributed by atoms with Crippen LogP contribution in [0.25, 0.3) is 0 Å². The number of aliphatic carboxylic acids is 1. The third-order valence-electron chi connectivity index (χ3n) is 3.33. The molecule has 0 fully saturated rings. The van der Waals surface area contributed by atoms with Crippen molar-refractivity contribution in [1.82, 2.24) is 9.88 Å². The zero-order chi connectivity index (χ0) is 16.8. The van der Waals surface area contributed by atoms with Crippen molar-refractivity contribution in [3.63, 3.8) is 0 Å². The van der Waals surface area contributed by atoms with Gasteiger partial charge in [0.05, 0.1) is 11.4 Å². The lowest BCUT2D eigenvalue weighted by Gasteiger charge is -2.18. The topological polar surface area (TPSA) is 70.5 Å². The molecule has 7 heteroatoms. The first-order valence-corrected chi connectivity index (χ1v) is 8.08. The standard InChI is InChI=1S/C16H17FN2O3S/c1-2-19(8-7-15(20)21)16(22)13-10-23-14(18-13)9-11-5-3-4-6-12(11)17/h3-6,10H,2,7-9H2,1H3,(H,20,21). The average Bonchev–Trinajstić information content (AvgIpc) is 2.98. The van der Waals surface area contributed by atoms with Crippen molar-refractivity contribution < 1.29 is 19.1 Å². The van der Waals surface area contributed by atoms with Crippen LogP contribution in [0.1, 0.15) is 34.4 Å². The molecule has 0 aliphatic heterocycles. The molecule has 23 heavy (non-hydrogen) atoms. The monoisotopic (exact) mass is 336 g/mol. The van der Waals surface area contributed by atoms with Crippen LogP contribution in [0.4, 0.5) is 4.39 Å². The zero-order valence-corrected chi connectivity index (χ0v) is 13.5. The molecule has 2 rings (SSSR count). The Morgan fingerprint density at radius 2 is 2.09 bits per heavy atom. The Kier molecular flexibility index (Phi) is 5.81. The van der Waals surface area contributed by atoms with E-state index in [1.807, 2.05) is 0 Å². The highest BCUT2D eigenvalue weighted by Gasteiger charge is 2.18. The van der Waals surface area contributed by atoms with Crippen molar-refractivity contribution in [3.05, 3.63) is 51.7 Å². The molecule has 2 aromatic rings. The number of hydrogen-bond acceptors (Lipinski definition) is 4. The number of amides is 1. The summed E-state index contributed by atoms with van der Waals surface area (Å²) in [5, 5.41) is 11.0. The number of nitrogens with zero attached hydrogens (tertiary/aromatic N) is 2. The molecule has 122 valence electrons. The van der Waals surface area contributed by atoms with Gasteiger partial charge in [-0.05, 0) is 18.6 Å². The number of thiazole rings is 1. The van der Waals surface area contributed by atoms with E-state index in [0.717, 1.165) is 0 Å². The van der Waals surface area contributed by atoms with Crippen LogP contribution in [0.15, 0.2) is 29.6 Å². The summed E-state index contributed by atoms with van der Waals surface area (Å²) >= 11 is 1.29. The van der Waals surface area contributed by atoms with Crippen LogP contribution >= 0.6 is 11.3 Å². The molecule has 0 atom stereocenters. The van der Waals surface area contributed by atoms with E-state index >= 15 is 0 Å².